The molecule has 0 aliphatic rings. The number of rotatable bonds is 7. The zero-order valence-corrected chi connectivity index (χ0v) is 19.5. The van der Waals surface area contributed by atoms with E-state index in [9.17, 15) is 10.1 Å². The first-order valence-electron chi connectivity index (χ1n) is 9.22. The van der Waals surface area contributed by atoms with Gasteiger partial charge in [-0.3, -0.25) is 4.79 Å². The van der Waals surface area contributed by atoms with E-state index in [1.807, 2.05) is 42.5 Å². The molecule has 0 spiro atoms. The molecule has 5 nitrogen and oxygen atoms in total. The van der Waals surface area contributed by atoms with E-state index in [1.54, 1.807) is 30.3 Å². The fraction of sp³-hybridized carbons (Fsp3) is 0.0833. The van der Waals surface area contributed by atoms with Crippen molar-refractivity contribution >= 4 is 51.9 Å². The highest BCUT2D eigenvalue weighted by molar-refractivity contribution is 14.1. The zero-order chi connectivity index (χ0) is 22.2. The van der Waals surface area contributed by atoms with Gasteiger partial charge in [-0.2, -0.15) is 5.26 Å². The Kier molecular flexibility index (Phi) is 7.93. The molecule has 0 bridgehead atoms. The summed E-state index contributed by atoms with van der Waals surface area (Å²) in [5.41, 5.74) is 2.17. The van der Waals surface area contributed by atoms with Crippen molar-refractivity contribution in [3.63, 3.8) is 0 Å². The van der Waals surface area contributed by atoms with Crippen LogP contribution in [0.5, 0.6) is 11.5 Å². The predicted molar refractivity (Wildman–Crippen MR) is 130 cm³/mol. The number of amides is 1. The van der Waals surface area contributed by atoms with E-state index in [2.05, 4.69) is 27.9 Å². The average molecular weight is 545 g/mol. The van der Waals surface area contributed by atoms with Crippen LogP contribution in [-0.2, 0) is 11.4 Å². The third-order valence-electron chi connectivity index (χ3n) is 4.23. The number of nitrogens with zero attached hydrogens (tertiary/aromatic N) is 1. The van der Waals surface area contributed by atoms with Gasteiger partial charge in [-0.15, -0.1) is 0 Å². The second-order valence-electron chi connectivity index (χ2n) is 6.46. The Balaban J connectivity index is 1.75. The summed E-state index contributed by atoms with van der Waals surface area (Å²) < 4.78 is 12.2. The van der Waals surface area contributed by atoms with Crippen LogP contribution in [0.15, 0.2) is 72.3 Å². The van der Waals surface area contributed by atoms with Crippen LogP contribution in [0.2, 0.25) is 5.02 Å². The van der Waals surface area contributed by atoms with Gasteiger partial charge in [-0.25, -0.2) is 0 Å². The highest BCUT2D eigenvalue weighted by Crippen LogP contribution is 2.30. The Morgan fingerprint density at radius 1 is 1.13 bits per heavy atom. The molecule has 0 saturated heterocycles. The molecule has 0 aliphatic heterocycles. The van der Waals surface area contributed by atoms with Gasteiger partial charge in [0.2, 0.25) is 0 Å². The minimum Gasteiger partial charge on any atom is -0.493 e. The number of halogens is 2. The van der Waals surface area contributed by atoms with Gasteiger partial charge in [0.25, 0.3) is 5.91 Å². The van der Waals surface area contributed by atoms with Crippen LogP contribution >= 0.6 is 34.2 Å². The first-order valence-corrected chi connectivity index (χ1v) is 10.7. The van der Waals surface area contributed by atoms with Gasteiger partial charge in [0.1, 0.15) is 18.2 Å². The Morgan fingerprint density at radius 2 is 1.94 bits per heavy atom. The molecular formula is C24H18ClIN2O3. The molecule has 0 unspecified atom stereocenters. The normalized spacial score (nSPS) is 10.8. The van der Waals surface area contributed by atoms with Crippen molar-refractivity contribution in [3.05, 3.63) is 92.0 Å². The number of hydrogen-bond donors (Lipinski definition) is 1. The maximum atomic E-state index is 12.5. The van der Waals surface area contributed by atoms with Crippen LogP contribution in [0.25, 0.3) is 6.08 Å². The summed E-state index contributed by atoms with van der Waals surface area (Å²) in [4.78, 5) is 12.5. The smallest absolute Gasteiger partial charge is 0.266 e. The molecule has 1 N–H and O–H groups in total. The maximum absolute atomic E-state index is 12.5. The van der Waals surface area contributed by atoms with Crippen molar-refractivity contribution in [1.82, 2.24) is 0 Å². The van der Waals surface area contributed by atoms with Gasteiger partial charge >= 0.3 is 0 Å². The van der Waals surface area contributed by atoms with Crippen molar-refractivity contribution in [2.45, 2.75) is 6.61 Å². The second kappa shape index (κ2) is 10.8. The number of nitriles is 1. The molecule has 0 heterocycles. The fourth-order valence-corrected chi connectivity index (χ4v) is 3.52. The first kappa shape index (κ1) is 22.7. The van der Waals surface area contributed by atoms with Crippen LogP contribution in [0, 0.1) is 14.9 Å². The summed E-state index contributed by atoms with van der Waals surface area (Å²) >= 11 is 8.16. The maximum Gasteiger partial charge on any atom is 0.266 e. The Hall–Kier alpha value is -3.02. The summed E-state index contributed by atoms with van der Waals surface area (Å²) in [6.45, 7) is 0.327. The van der Waals surface area contributed by atoms with Crippen molar-refractivity contribution in [3.8, 4) is 17.6 Å². The molecule has 7 heteroatoms. The molecule has 0 atom stereocenters. The van der Waals surface area contributed by atoms with Crippen molar-refractivity contribution in [2.75, 3.05) is 12.4 Å². The molecule has 0 aliphatic carbocycles. The molecule has 3 aromatic rings. The molecule has 3 aromatic carbocycles. The van der Waals surface area contributed by atoms with Crippen LogP contribution in [0.1, 0.15) is 11.1 Å². The number of ether oxygens (including phenoxy) is 2. The summed E-state index contributed by atoms with van der Waals surface area (Å²) in [6, 6.07) is 21.9. The van der Waals surface area contributed by atoms with E-state index in [4.69, 9.17) is 21.1 Å². The zero-order valence-electron chi connectivity index (χ0n) is 16.6. The number of benzene rings is 3. The van der Waals surface area contributed by atoms with Gasteiger partial charge < -0.3 is 14.8 Å². The first-order chi connectivity index (χ1) is 15.0. The van der Waals surface area contributed by atoms with Crippen LogP contribution in [0.3, 0.4) is 0 Å². The second-order valence-corrected chi connectivity index (χ2v) is 8.15. The van der Waals surface area contributed by atoms with E-state index in [-0.39, 0.29) is 5.57 Å². The molecule has 0 fully saturated rings. The predicted octanol–water partition coefficient (Wildman–Crippen LogP) is 6.08. The molecule has 31 heavy (non-hydrogen) atoms. The van der Waals surface area contributed by atoms with E-state index >= 15 is 0 Å². The Labute approximate surface area is 199 Å². The molecule has 0 saturated carbocycles. The summed E-state index contributed by atoms with van der Waals surface area (Å²) in [6.07, 6.45) is 1.51. The molecule has 1 amide bonds. The fourth-order valence-electron chi connectivity index (χ4n) is 2.76. The average Bonchev–Trinajstić information content (AvgIpc) is 2.76. The minimum absolute atomic E-state index is 0.0199. The molecule has 156 valence electrons. The molecular weight excluding hydrogens is 527 g/mol. The minimum atomic E-state index is -0.482. The standard InChI is InChI=1S/C24H18ClIN2O3/c1-30-23-12-16(8-9-22(23)31-15-17-4-2-5-19(25)11-17)10-18(14-27)24(29)28-21-7-3-6-20(26)13-21/h2-13H,15H2,1H3,(H,28,29)/b18-10+. The summed E-state index contributed by atoms with van der Waals surface area (Å²) in [5, 5.41) is 12.8. The third-order valence-corrected chi connectivity index (χ3v) is 5.14. The van der Waals surface area contributed by atoms with Gasteiger partial charge in [-0.1, -0.05) is 35.9 Å². The Morgan fingerprint density at radius 3 is 2.65 bits per heavy atom. The largest absolute Gasteiger partial charge is 0.493 e. The van der Waals surface area contributed by atoms with Gasteiger partial charge in [0, 0.05) is 14.3 Å². The lowest BCUT2D eigenvalue weighted by Gasteiger charge is -2.12. The van der Waals surface area contributed by atoms with Gasteiger partial charge in [0.15, 0.2) is 11.5 Å². The van der Waals surface area contributed by atoms with Gasteiger partial charge in [0.05, 0.1) is 7.11 Å². The van der Waals surface area contributed by atoms with Crippen molar-refractivity contribution in [1.29, 1.82) is 5.26 Å². The molecule has 3 rings (SSSR count). The highest BCUT2D eigenvalue weighted by Gasteiger charge is 2.12. The number of hydrogen-bond acceptors (Lipinski definition) is 4. The van der Waals surface area contributed by atoms with Crippen molar-refractivity contribution < 1.29 is 14.3 Å². The van der Waals surface area contributed by atoms with E-state index < -0.39 is 5.91 Å². The van der Waals surface area contributed by atoms with E-state index in [1.165, 1.54) is 13.2 Å². The monoisotopic (exact) mass is 544 g/mol. The SMILES string of the molecule is COc1cc(/C=C(\C#N)C(=O)Nc2cccc(I)c2)ccc1OCc1cccc(Cl)c1. The third kappa shape index (κ3) is 6.48. The quantitative estimate of drug-likeness (QED) is 0.222. The number of carbonyl (C=O) groups excluding carboxylic acids is 1. The van der Waals surface area contributed by atoms with Crippen LogP contribution < -0.4 is 14.8 Å². The van der Waals surface area contributed by atoms with Crippen LogP contribution in [-0.4, -0.2) is 13.0 Å². The van der Waals surface area contributed by atoms with E-state index in [0.717, 1.165) is 9.13 Å². The van der Waals surface area contributed by atoms with E-state index in [0.29, 0.717) is 34.4 Å². The lowest BCUT2D eigenvalue weighted by Crippen LogP contribution is -2.13. The summed E-state index contributed by atoms with van der Waals surface area (Å²) in [5.74, 6) is 0.553. The summed E-state index contributed by atoms with van der Waals surface area (Å²) in [7, 11) is 1.53. The lowest BCUT2D eigenvalue weighted by molar-refractivity contribution is -0.112. The molecule has 0 radical (unpaired) electrons. The number of methoxy groups -OCH3 is 1. The number of anilines is 1. The highest BCUT2D eigenvalue weighted by atomic mass is 127. The van der Waals surface area contributed by atoms with Crippen molar-refractivity contribution in [2.24, 2.45) is 0 Å². The Bertz CT molecular complexity index is 1170. The van der Waals surface area contributed by atoms with Crippen LogP contribution in [0.4, 0.5) is 5.69 Å². The topological polar surface area (TPSA) is 71.3 Å². The van der Waals surface area contributed by atoms with Gasteiger partial charge in [-0.05, 0) is 82.3 Å². The lowest BCUT2D eigenvalue weighted by atomic mass is 10.1. The number of carbonyl (C=O) groups is 1. The molecule has 0 aromatic heterocycles. The number of nitrogens with one attached hydrogen (secondary N) is 1.